The van der Waals surface area contributed by atoms with Crippen molar-refractivity contribution in [3.63, 3.8) is 0 Å². The molecule has 0 saturated carbocycles. The maximum Gasteiger partial charge on any atom is 0.303 e. The molecular formula is C28H30F4N2O3S. The third kappa shape index (κ3) is 6.96. The Hall–Kier alpha value is -2.85. The van der Waals surface area contributed by atoms with Crippen LogP contribution in [0.25, 0.3) is 10.9 Å². The Morgan fingerprint density at radius 1 is 1.16 bits per heavy atom. The van der Waals surface area contributed by atoms with Crippen LogP contribution in [-0.2, 0) is 11.2 Å². The molecule has 204 valence electrons. The lowest BCUT2D eigenvalue weighted by Crippen LogP contribution is -2.42. The van der Waals surface area contributed by atoms with Gasteiger partial charge in [0.1, 0.15) is 17.4 Å². The number of rotatable bonds is 11. The minimum atomic E-state index is -1.21. The van der Waals surface area contributed by atoms with Gasteiger partial charge in [0.25, 0.3) is 0 Å². The molecule has 4 rings (SSSR count). The number of fused-ring (bicyclic) bond motifs is 1. The van der Waals surface area contributed by atoms with Crippen LogP contribution in [0.5, 0.6) is 5.75 Å². The van der Waals surface area contributed by atoms with Gasteiger partial charge >= 0.3 is 5.97 Å². The summed E-state index contributed by atoms with van der Waals surface area (Å²) < 4.78 is 60.8. The average Bonchev–Trinajstić information content (AvgIpc) is 2.88. The highest BCUT2D eigenvalue weighted by molar-refractivity contribution is 7.99. The second kappa shape index (κ2) is 12.8. The molecule has 0 spiro atoms. The van der Waals surface area contributed by atoms with E-state index in [1.807, 2.05) is 0 Å². The number of carbonyl (C=O) groups is 1. The van der Waals surface area contributed by atoms with Crippen LogP contribution < -0.4 is 4.74 Å². The molecule has 0 bridgehead atoms. The number of nitrogens with zero attached hydrogens (tertiary/aromatic N) is 2. The topological polar surface area (TPSA) is 62.7 Å². The number of halogens is 4. The number of aliphatic carboxylic acids is 1. The number of methoxy groups -OCH3 is 1. The fraction of sp³-hybridized carbons (Fsp3) is 0.429. The summed E-state index contributed by atoms with van der Waals surface area (Å²) in [6.07, 6.45) is 4.03. The molecule has 5 nitrogen and oxygen atoms in total. The van der Waals surface area contributed by atoms with Crippen LogP contribution in [0.3, 0.4) is 0 Å². The predicted octanol–water partition coefficient (Wildman–Crippen LogP) is 6.33. The number of carboxylic acids is 1. The standard InChI is InChI=1S/C28H30F4N2O3S/c1-37-20-5-6-25-22(14-20)21(24(31)15-33-25)4-2-3-17-7-8-34(16-18(17)11-27(35)36)9-10-38-26-13-19(29)12-23(30)28(26)32/h5-6,12-15,17-18H,2-4,7-11,16H2,1H3,(H,35,36)/t17-,18-/m1/s1. The van der Waals surface area contributed by atoms with Crippen LogP contribution in [-0.4, -0.2) is 53.5 Å². The van der Waals surface area contributed by atoms with Crippen molar-refractivity contribution >= 4 is 28.6 Å². The fourth-order valence-electron chi connectivity index (χ4n) is 5.24. The Morgan fingerprint density at radius 2 is 1.97 bits per heavy atom. The van der Waals surface area contributed by atoms with Crippen molar-refractivity contribution in [2.75, 3.05) is 32.5 Å². The van der Waals surface area contributed by atoms with Crippen molar-refractivity contribution < 1.29 is 32.2 Å². The normalized spacial score (nSPS) is 18.1. The van der Waals surface area contributed by atoms with Crippen molar-refractivity contribution in [1.82, 2.24) is 9.88 Å². The predicted molar refractivity (Wildman–Crippen MR) is 139 cm³/mol. The molecule has 10 heteroatoms. The second-order valence-electron chi connectivity index (χ2n) is 9.62. The maximum absolute atomic E-state index is 14.7. The first kappa shape index (κ1) is 28.2. The molecular weight excluding hydrogens is 520 g/mol. The number of thioether (sulfide) groups is 1. The van der Waals surface area contributed by atoms with Crippen molar-refractivity contribution in [1.29, 1.82) is 0 Å². The smallest absolute Gasteiger partial charge is 0.303 e. The summed E-state index contributed by atoms with van der Waals surface area (Å²) in [5, 5.41) is 10.2. The van der Waals surface area contributed by atoms with Gasteiger partial charge in [-0.25, -0.2) is 17.6 Å². The summed E-state index contributed by atoms with van der Waals surface area (Å²) in [5.74, 6) is -3.19. The van der Waals surface area contributed by atoms with E-state index in [2.05, 4.69) is 9.88 Å². The Labute approximate surface area is 223 Å². The number of likely N-dealkylation sites (tertiary alicyclic amines) is 1. The molecule has 0 radical (unpaired) electrons. The molecule has 1 fully saturated rings. The summed E-state index contributed by atoms with van der Waals surface area (Å²) in [5.41, 5.74) is 1.28. The molecule has 2 aromatic carbocycles. The van der Waals surface area contributed by atoms with Gasteiger partial charge in [0.2, 0.25) is 0 Å². The second-order valence-corrected chi connectivity index (χ2v) is 10.8. The van der Waals surface area contributed by atoms with E-state index in [4.69, 9.17) is 4.74 Å². The largest absolute Gasteiger partial charge is 0.497 e. The van der Waals surface area contributed by atoms with Gasteiger partial charge in [0.15, 0.2) is 11.6 Å². The number of pyridine rings is 1. The summed E-state index contributed by atoms with van der Waals surface area (Å²) >= 11 is 1.04. The van der Waals surface area contributed by atoms with Gasteiger partial charge in [-0.2, -0.15) is 0 Å². The summed E-state index contributed by atoms with van der Waals surface area (Å²) in [4.78, 5) is 17.8. The Kier molecular flexibility index (Phi) is 9.49. The van der Waals surface area contributed by atoms with E-state index in [-0.39, 0.29) is 29.0 Å². The molecule has 2 atom stereocenters. The van der Waals surface area contributed by atoms with E-state index in [1.54, 1.807) is 25.3 Å². The molecule has 38 heavy (non-hydrogen) atoms. The zero-order valence-electron chi connectivity index (χ0n) is 21.1. The highest BCUT2D eigenvalue weighted by Crippen LogP contribution is 2.33. The number of hydrogen-bond acceptors (Lipinski definition) is 5. The first-order valence-electron chi connectivity index (χ1n) is 12.6. The third-order valence-corrected chi connectivity index (χ3v) is 8.17. The van der Waals surface area contributed by atoms with Crippen LogP contribution in [0.4, 0.5) is 17.6 Å². The van der Waals surface area contributed by atoms with E-state index in [0.29, 0.717) is 60.0 Å². The van der Waals surface area contributed by atoms with Crippen LogP contribution >= 0.6 is 11.8 Å². The average molecular weight is 551 g/mol. The number of hydrogen-bond donors (Lipinski definition) is 1. The molecule has 0 aliphatic carbocycles. The van der Waals surface area contributed by atoms with E-state index >= 15 is 0 Å². The number of aryl methyl sites for hydroxylation is 1. The van der Waals surface area contributed by atoms with Gasteiger partial charge in [-0.15, -0.1) is 11.8 Å². The van der Waals surface area contributed by atoms with E-state index in [1.165, 1.54) is 6.20 Å². The lowest BCUT2D eigenvalue weighted by Gasteiger charge is -2.38. The van der Waals surface area contributed by atoms with Crippen molar-refractivity contribution in [3.05, 3.63) is 65.4 Å². The summed E-state index contributed by atoms with van der Waals surface area (Å²) in [6, 6.07) is 6.87. The van der Waals surface area contributed by atoms with Gasteiger partial charge in [-0.05, 0) is 73.9 Å². The zero-order chi connectivity index (χ0) is 27.2. The van der Waals surface area contributed by atoms with Crippen LogP contribution in [0.1, 0.15) is 31.2 Å². The van der Waals surface area contributed by atoms with Crippen LogP contribution in [0.15, 0.2) is 41.4 Å². The molecule has 2 heterocycles. The van der Waals surface area contributed by atoms with E-state index < -0.39 is 23.4 Å². The molecule has 1 aromatic heterocycles. The molecule has 1 aliphatic rings. The lowest BCUT2D eigenvalue weighted by molar-refractivity contribution is -0.139. The Morgan fingerprint density at radius 3 is 2.74 bits per heavy atom. The molecule has 3 aromatic rings. The maximum atomic E-state index is 14.7. The number of piperidine rings is 1. The first-order chi connectivity index (χ1) is 18.2. The molecule has 1 N–H and O–H groups in total. The van der Waals surface area contributed by atoms with Gasteiger partial charge < -0.3 is 14.7 Å². The van der Waals surface area contributed by atoms with Crippen LogP contribution in [0.2, 0.25) is 0 Å². The first-order valence-corrected chi connectivity index (χ1v) is 13.6. The summed E-state index contributed by atoms with van der Waals surface area (Å²) in [7, 11) is 1.56. The van der Waals surface area contributed by atoms with Gasteiger partial charge in [0.05, 0.1) is 18.8 Å². The molecule has 1 aliphatic heterocycles. The number of aromatic nitrogens is 1. The third-order valence-electron chi connectivity index (χ3n) is 7.17. The zero-order valence-corrected chi connectivity index (χ0v) is 21.9. The monoisotopic (exact) mass is 550 g/mol. The van der Waals surface area contributed by atoms with Gasteiger partial charge in [-0.3, -0.25) is 9.78 Å². The quantitative estimate of drug-likeness (QED) is 0.171. The van der Waals surface area contributed by atoms with Crippen molar-refractivity contribution in [2.24, 2.45) is 11.8 Å². The Balaban J connectivity index is 1.34. The molecule has 0 amide bonds. The highest BCUT2D eigenvalue weighted by atomic mass is 32.2. The van der Waals surface area contributed by atoms with Crippen LogP contribution in [0, 0.1) is 35.1 Å². The number of carboxylic acid groups (broad SMARTS) is 1. The minimum Gasteiger partial charge on any atom is -0.497 e. The molecule has 1 saturated heterocycles. The minimum absolute atomic E-state index is 0.0296. The fourth-order valence-corrected chi connectivity index (χ4v) is 6.23. The van der Waals surface area contributed by atoms with Crippen molar-refractivity contribution in [3.8, 4) is 5.75 Å². The Bertz CT molecular complexity index is 1290. The van der Waals surface area contributed by atoms with Gasteiger partial charge in [-0.1, -0.05) is 0 Å². The van der Waals surface area contributed by atoms with Crippen molar-refractivity contribution in [2.45, 2.75) is 37.0 Å². The summed E-state index contributed by atoms with van der Waals surface area (Å²) in [6.45, 7) is 1.85. The lowest BCUT2D eigenvalue weighted by atomic mass is 9.80. The molecule has 0 unspecified atom stereocenters. The van der Waals surface area contributed by atoms with E-state index in [9.17, 15) is 27.5 Å². The number of ether oxygens (including phenoxy) is 1. The number of benzene rings is 2. The van der Waals surface area contributed by atoms with Gasteiger partial charge in [0, 0.05) is 41.6 Å². The van der Waals surface area contributed by atoms with E-state index in [0.717, 1.165) is 37.2 Å². The SMILES string of the molecule is COc1ccc2ncc(F)c(CCC[C@@H]3CCN(CCSc4cc(F)cc(F)c4F)C[C@H]3CC(=O)O)c2c1. The highest BCUT2D eigenvalue weighted by Gasteiger charge is 2.30.